The van der Waals surface area contributed by atoms with Gasteiger partial charge in [-0.05, 0) is 79.6 Å². The van der Waals surface area contributed by atoms with Crippen molar-refractivity contribution >= 4 is 37.3 Å². The second kappa shape index (κ2) is 10.1. The Morgan fingerprint density at radius 1 is 0.829 bits per heavy atom. The molecule has 0 radical (unpaired) electrons. The normalized spacial score (nSPS) is 14.4. The van der Waals surface area contributed by atoms with Crippen LogP contribution in [0.1, 0.15) is 23.2 Å². The largest absolute Gasteiger partial charge is 0.497 e. The maximum atomic E-state index is 12.8. The number of sulfonamides is 2. The highest BCUT2D eigenvalue weighted by atomic mass is 32.2. The quantitative estimate of drug-likeness (QED) is 0.473. The number of hydrogen-bond acceptors (Lipinski definition) is 6. The summed E-state index contributed by atoms with van der Waals surface area (Å²) in [6, 6.07) is 18.0. The van der Waals surface area contributed by atoms with E-state index in [9.17, 15) is 21.6 Å². The van der Waals surface area contributed by atoms with Gasteiger partial charge in [0.15, 0.2) is 0 Å². The van der Waals surface area contributed by atoms with Crippen LogP contribution in [0.5, 0.6) is 5.75 Å². The fraction of sp³-hybridized carbons (Fsp3) is 0.208. The number of nitrogens with one attached hydrogen (secondary N) is 2. The van der Waals surface area contributed by atoms with Crippen LogP contribution in [0.2, 0.25) is 0 Å². The summed E-state index contributed by atoms with van der Waals surface area (Å²) >= 11 is 0. The molecule has 0 unspecified atom stereocenters. The van der Waals surface area contributed by atoms with Crippen LogP contribution >= 0.6 is 0 Å². The van der Waals surface area contributed by atoms with Crippen LogP contribution in [0.15, 0.2) is 82.6 Å². The Bertz CT molecular complexity index is 1410. The third-order valence-electron chi connectivity index (χ3n) is 5.56. The Labute approximate surface area is 204 Å². The average Bonchev–Trinajstić information content (AvgIpc) is 3.41. The lowest BCUT2D eigenvalue weighted by Crippen LogP contribution is -2.27. The Hall–Kier alpha value is -3.41. The molecule has 3 aromatic carbocycles. The van der Waals surface area contributed by atoms with Crippen molar-refractivity contribution in [2.45, 2.75) is 22.6 Å². The van der Waals surface area contributed by atoms with Gasteiger partial charge < -0.3 is 10.1 Å². The number of nitrogens with zero attached hydrogens (tertiary/aromatic N) is 1. The summed E-state index contributed by atoms with van der Waals surface area (Å²) < 4.78 is 59.9. The number of carbonyl (C=O) groups excluding carboxylic acids is 1. The zero-order chi connectivity index (χ0) is 25.1. The smallest absolute Gasteiger partial charge is 0.261 e. The summed E-state index contributed by atoms with van der Waals surface area (Å²) in [5, 5.41) is 2.66. The highest BCUT2D eigenvalue weighted by Gasteiger charge is 2.27. The Morgan fingerprint density at radius 3 is 2.11 bits per heavy atom. The van der Waals surface area contributed by atoms with Gasteiger partial charge in [0.05, 0.1) is 16.9 Å². The van der Waals surface area contributed by atoms with Crippen LogP contribution < -0.4 is 14.8 Å². The first-order chi connectivity index (χ1) is 16.7. The van der Waals surface area contributed by atoms with Gasteiger partial charge in [0.1, 0.15) is 5.75 Å². The van der Waals surface area contributed by atoms with E-state index in [-0.39, 0.29) is 21.0 Å². The lowest BCUT2D eigenvalue weighted by Gasteiger charge is -2.15. The summed E-state index contributed by atoms with van der Waals surface area (Å²) in [6.45, 7) is 0.994. The summed E-state index contributed by atoms with van der Waals surface area (Å²) in [7, 11) is -5.95. The van der Waals surface area contributed by atoms with Gasteiger partial charge in [0, 0.05) is 30.0 Å². The minimum Gasteiger partial charge on any atom is -0.497 e. The molecule has 0 spiro atoms. The van der Waals surface area contributed by atoms with E-state index in [2.05, 4.69) is 10.0 Å². The summed E-state index contributed by atoms with van der Waals surface area (Å²) in [5.74, 6) is 0.104. The summed E-state index contributed by atoms with van der Waals surface area (Å²) in [6.07, 6.45) is 1.67. The first-order valence-electron chi connectivity index (χ1n) is 10.9. The molecule has 9 nitrogen and oxygen atoms in total. The minimum atomic E-state index is -3.90. The van der Waals surface area contributed by atoms with Crippen molar-refractivity contribution in [3.05, 3.63) is 78.4 Å². The van der Waals surface area contributed by atoms with Gasteiger partial charge in [-0.3, -0.25) is 9.52 Å². The molecule has 2 N–H and O–H groups in total. The van der Waals surface area contributed by atoms with Gasteiger partial charge in [-0.2, -0.15) is 4.31 Å². The molecule has 0 aromatic heterocycles. The lowest BCUT2D eigenvalue weighted by atomic mass is 10.2. The molecule has 11 heteroatoms. The molecule has 1 aliphatic heterocycles. The van der Waals surface area contributed by atoms with Crippen LogP contribution in [-0.2, 0) is 20.0 Å². The SMILES string of the molecule is COc1ccc(NS(=O)(=O)c2cccc(NC(=O)c3ccc(S(=O)(=O)N4CCCC4)cc3)c2)cc1. The molecule has 3 aromatic rings. The highest BCUT2D eigenvalue weighted by molar-refractivity contribution is 7.92. The van der Waals surface area contributed by atoms with E-state index in [1.165, 1.54) is 53.9 Å². The van der Waals surface area contributed by atoms with E-state index >= 15 is 0 Å². The summed E-state index contributed by atoms with van der Waals surface area (Å²) in [5.41, 5.74) is 0.889. The number of anilines is 2. The molecule has 4 rings (SSSR count). The molecule has 1 fully saturated rings. The Morgan fingerprint density at radius 2 is 1.49 bits per heavy atom. The minimum absolute atomic E-state index is 0.0295. The fourth-order valence-corrected chi connectivity index (χ4v) is 6.29. The second-order valence-corrected chi connectivity index (χ2v) is 11.6. The van der Waals surface area contributed by atoms with Crippen molar-refractivity contribution in [3.63, 3.8) is 0 Å². The predicted octanol–water partition coefficient (Wildman–Crippen LogP) is 3.53. The van der Waals surface area contributed by atoms with Crippen molar-refractivity contribution in [3.8, 4) is 5.75 Å². The zero-order valence-corrected chi connectivity index (χ0v) is 20.6. The van der Waals surface area contributed by atoms with Crippen molar-refractivity contribution in [1.82, 2.24) is 4.31 Å². The number of ether oxygens (including phenoxy) is 1. The second-order valence-electron chi connectivity index (χ2n) is 7.95. The van der Waals surface area contributed by atoms with Crippen molar-refractivity contribution in [2.24, 2.45) is 0 Å². The molecule has 184 valence electrons. The number of rotatable bonds is 8. The third-order valence-corrected chi connectivity index (χ3v) is 8.86. The Balaban J connectivity index is 1.46. The number of hydrogen-bond donors (Lipinski definition) is 2. The number of amides is 1. The molecular weight excluding hydrogens is 490 g/mol. The monoisotopic (exact) mass is 515 g/mol. The fourth-order valence-electron chi connectivity index (χ4n) is 3.67. The molecule has 0 saturated carbocycles. The van der Waals surface area contributed by atoms with E-state index < -0.39 is 26.0 Å². The third kappa shape index (κ3) is 5.64. The molecule has 1 saturated heterocycles. The predicted molar refractivity (Wildman–Crippen MR) is 133 cm³/mol. The molecule has 35 heavy (non-hydrogen) atoms. The first-order valence-corrected chi connectivity index (χ1v) is 13.8. The van der Waals surface area contributed by atoms with Gasteiger partial charge in [-0.15, -0.1) is 0 Å². The molecule has 0 atom stereocenters. The van der Waals surface area contributed by atoms with Crippen LogP contribution in [0, 0.1) is 0 Å². The number of benzene rings is 3. The molecule has 1 aliphatic rings. The average molecular weight is 516 g/mol. The van der Waals surface area contributed by atoms with Crippen molar-refractivity contribution < 1.29 is 26.4 Å². The van der Waals surface area contributed by atoms with Gasteiger partial charge in [-0.1, -0.05) is 6.07 Å². The summed E-state index contributed by atoms with van der Waals surface area (Å²) in [4.78, 5) is 12.8. The standard InChI is InChI=1S/C24H25N3O6S2/c1-33-21-11-9-19(10-12-21)26-34(29,30)23-6-4-5-20(17-23)25-24(28)18-7-13-22(14-8-18)35(31,32)27-15-2-3-16-27/h4-14,17,26H,2-3,15-16H2,1H3,(H,25,28). The zero-order valence-electron chi connectivity index (χ0n) is 19.0. The van der Waals surface area contributed by atoms with Crippen LogP contribution in [0.25, 0.3) is 0 Å². The first kappa shape index (κ1) is 24.7. The van der Waals surface area contributed by atoms with E-state index in [1.54, 1.807) is 30.3 Å². The van der Waals surface area contributed by atoms with E-state index in [4.69, 9.17) is 4.74 Å². The molecule has 1 amide bonds. The lowest BCUT2D eigenvalue weighted by molar-refractivity contribution is 0.102. The number of methoxy groups -OCH3 is 1. The van der Waals surface area contributed by atoms with Crippen molar-refractivity contribution in [1.29, 1.82) is 0 Å². The van der Waals surface area contributed by atoms with E-state index in [0.29, 0.717) is 24.5 Å². The molecule has 1 heterocycles. The topological polar surface area (TPSA) is 122 Å². The maximum absolute atomic E-state index is 12.8. The van der Waals surface area contributed by atoms with Gasteiger partial charge >= 0.3 is 0 Å². The van der Waals surface area contributed by atoms with Gasteiger partial charge in [0.2, 0.25) is 10.0 Å². The maximum Gasteiger partial charge on any atom is 0.261 e. The highest BCUT2D eigenvalue weighted by Crippen LogP contribution is 2.23. The molecule has 0 bridgehead atoms. The molecule has 0 aliphatic carbocycles. The van der Waals surface area contributed by atoms with E-state index in [1.807, 2.05) is 0 Å². The van der Waals surface area contributed by atoms with Gasteiger partial charge in [-0.25, -0.2) is 16.8 Å². The van der Waals surface area contributed by atoms with Crippen LogP contribution in [-0.4, -0.2) is 47.2 Å². The van der Waals surface area contributed by atoms with Crippen molar-refractivity contribution in [2.75, 3.05) is 30.2 Å². The van der Waals surface area contributed by atoms with Crippen LogP contribution in [0.4, 0.5) is 11.4 Å². The Kier molecular flexibility index (Phi) is 7.10. The van der Waals surface area contributed by atoms with Crippen LogP contribution in [0.3, 0.4) is 0 Å². The molecular formula is C24H25N3O6S2. The number of carbonyl (C=O) groups is 1. The van der Waals surface area contributed by atoms with Gasteiger partial charge in [0.25, 0.3) is 15.9 Å². The van der Waals surface area contributed by atoms with E-state index in [0.717, 1.165) is 12.8 Å².